The molecule has 0 aliphatic carbocycles. The summed E-state index contributed by atoms with van der Waals surface area (Å²) in [5, 5.41) is 0. The molecule has 0 amide bonds. The van der Waals surface area contributed by atoms with E-state index in [2.05, 4.69) is 9.97 Å². The Morgan fingerprint density at radius 2 is 2.21 bits per heavy atom. The highest BCUT2D eigenvalue weighted by molar-refractivity contribution is 5.84. The Hall–Kier alpha value is -1.65. The summed E-state index contributed by atoms with van der Waals surface area (Å²) in [6.45, 7) is 3.99. The van der Waals surface area contributed by atoms with Gasteiger partial charge in [-0.2, -0.15) is 4.39 Å². The van der Waals surface area contributed by atoms with Gasteiger partial charge in [-0.05, 0) is 13.8 Å². The predicted octanol–water partition coefficient (Wildman–Crippen LogP) is 1.73. The Morgan fingerprint density at radius 1 is 1.50 bits per heavy atom. The van der Waals surface area contributed by atoms with Gasteiger partial charge in [0.15, 0.2) is 5.82 Å². The number of hydrogen-bond acceptors (Lipinski definition) is 3. The largest absolute Gasteiger partial charge is 0.382 e. The van der Waals surface area contributed by atoms with Gasteiger partial charge in [0, 0.05) is 12.1 Å². The normalized spacial score (nSPS) is 11.4. The van der Waals surface area contributed by atoms with E-state index in [9.17, 15) is 4.39 Å². The van der Waals surface area contributed by atoms with Crippen LogP contribution in [0.4, 0.5) is 10.2 Å². The first-order valence-corrected chi connectivity index (χ1v) is 4.38. The van der Waals surface area contributed by atoms with Gasteiger partial charge in [-0.15, -0.1) is 0 Å². The third-order valence-corrected chi connectivity index (χ3v) is 2.11. The number of aromatic nitrogens is 3. The van der Waals surface area contributed by atoms with Crippen molar-refractivity contribution in [2.45, 2.75) is 19.9 Å². The van der Waals surface area contributed by atoms with Crippen molar-refractivity contribution in [1.82, 2.24) is 14.5 Å². The van der Waals surface area contributed by atoms with Gasteiger partial charge in [0.2, 0.25) is 5.95 Å². The fourth-order valence-corrected chi connectivity index (χ4v) is 1.44. The fourth-order valence-electron chi connectivity index (χ4n) is 1.44. The number of nitrogens with two attached hydrogens (primary N) is 1. The van der Waals surface area contributed by atoms with Crippen LogP contribution in [0.2, 0.25) is 0 Å². The number of fused-ring (bicyclic) bond motifs is 1. The molecule has 74 valence electrons. The number of halogens is 1. The van der Waals surface area contributed by atoms with Crippen molar-refractivity contribution in [2.24, 2.45) is 0 Å². The van der Waals surface area contributed by atoms with Gasteiger partial charge in [0.1, 0.15) is 5.52 Å². The minimum Gasteiger partial charge on any atom is -0.382 e. The smallest absolute Gasteiger partial charge is 0.217 e. The minimum absolute atomic E-state index is 0.138. The first-order valence-electron chi connectivity index (χ1n) is 4.38. The quantitative estimate of drug-likeness (QED) is 0.703. The molecule has 0 fully saturated rings. The summed E-state index contributed by atoms with van der Waals surface area (Å²) in [5.41, 5.74) is 6.78. The van der Waals surface area contributed by atoms with E-state index in [1.807, 2.05) is 18.4 Å². The number of nitrogens with zero attached hydrogens (tertiary/aromatic N) is 3. The zero-order chi connectivity index (χ0) is 10.3. The molecular weight excluding hydrogens is 183 g/mol. The summed E-state index contributed by atoms with van der Waals surface area (Å²) in [7, 11) is 0. The summed E-state index contributed by atoms with van der Waals surface area (Å²) in [5.74, 6) is -0.434. The maximum atomic E-state index is 13.0. The zero-order valence-electron chi connectivity index (χ0n) is 8.03. The van der Waals surface area contributed by atoms with Crippen molar-refractivity contribution in [1.29, 1.82) is 0 Å². The predicted molar refractivity (Wildman–Crippen MR) is 52.3 cm³/mol. The lowest BCUT2D eigenvalue weighted by atomic mass is 10.3. The van der Waals surface area contributed by atoms with E-state index in [0.29, 0.717) is 11.0 Å². The molecule has 0 aliphatic heterocycles. The molecule has 2 heterocycles. The van der Waals surface area contributed by atoms with Crippen molar-refractivity contribution >= 4 is 16.9 Å². The number of imidazole rings is 1. The monoisotopic (exact) mass is 194 g/mol. The fraction of sp³-hybridized carbons (Fsp3) is 0.333. The van der Waals surface area contributed by atoms with Crippen molar-refractivity contribution in [2.75, 3.05) is 5.73 Å². The van der Waals surface area contributed by atoms with Crippen LogP contribution >= 0.6 is 0 Å². The van der Waals surface area contributed by atoms with Gasteiger partial charge in [0.25, 0.3) is 0 Å². The Labute approximate surface area is 80.6 Å². The van der Waals surface area contributed by atoms with E-state index < -0.39 is 5.95 Å². The molecule has 2 rings (SSSR count). The number of pyridine rings is 1. The van der Waals surface area contributed by atoms with Gasteiger partial charge < -0.3 is 10.3 Å². The molecule has 0 spiro atoms. The van der Waals surface area contributed by atoms with Crippen LogP contribution in [-0.4, -0.2) is 14.5 Å². The molecule has 2 N–H and O–H groups in total. The van der Waals surface area contributed by atoms with Crippen LogP contribution in [0.1, 0.15) is 19.9 Å². The average Bonchev–Trinajstić information content (AvgIpc) is 2.47. The van der Waals surface area contributed by atoms with E-state index >= 15 is 0 Å². The van der Waals surface area contributed by atoms with Crippen LogP contribution in [0, 0.1) is 5.95 Å². The molecule has 2 aromatic rings. The Morgan fingerprint density at radius 3 is 2.86 bits per heavy atom. The van der Waals surface area contributed by atoms with Crippen LogP contribution in [0.5, 0.6) is 0 Å². The summed E-state index contributed by atoms with van der Waals surface area (Å²) in [6.07, 6.45) is 1.65. The third-order valence-electron chi connectivity index (χ3n) is 2.11. The molecule has 2 aromatic heterocycles. The molecule has 0 aromatic carbocycles. The minimum atomic E-state index is -0.572. The molecular formula is C9H11FN4. The van der Waals surface area contributed by atoms with E-state index in [1.165, 1.54) is 6.07 Å². The standard InChI is InChI=1S/C9H11FN4/c1-5(2)14-4-12-8-6(14)3-7(10)13-9(8)11/h3-5H,1-2H3,(H2,11,13). The second-order valence-corrected chi connectivity index (χ2v) is 3.44. The number of rotatable bonds is 1. The molecule has 0 saturated carbocycles. The topological polar surface area (TPSA) is 56.7 Å². The van der Waals surface area contributed by atoms with Crippen molar-refractivity contribution in [3.63, 3.8) is 0 Å². The number of anilines is 1. The molecule has 14 heavy (non-hydrogen) atoms. The van der Waals surface area contributed by atoms with Gasteiger partial charge >= 0.3 is 0 Å². The average molecular weight is 194 g/mol. The SMILES string of the molecule is CC(C)n1cnc2c(N)nc(F)cc21. The molecule has 5 heteroatoms. The van der Waals surface area contributed by atoms with Crippen LogP contribution in [-0.2, 0) is 0 Å². The number of hydrogen-bond donors (Lipinski definition) is 1. The molecule has 4 nitrogen and oxygen atoms in total. The summed E-state index contributed by atoms with van der Waals surface area (Å²) in [6, 6.07) is 1.57. The Kier molecular flexibility index (Phi) is 1.87. The maximum Gasteiger partial charge on any atom is 0.217 e. The van der Waals surface area contributed by atoms with Crippen molar-refractivity contribution < 1.29 is 4.39 Å². The van der Waals surface area contributed by atoms with Crippen LogP contribution in [0.15, 0.2) is 12.4 Å². The summed E-state index contributed by atoms with van der Waals surface area (Å²) >= 11 is 0. The highest BCUT2D eigenvalue weighted by Gasteiger charge is 2.10. The lowest BCUT2D eigenvalue weighted by Crippen LogP contribution is -2.00. The lowest BCUT2D eigenvalue weighted by molar-refractivity contribution is 0.582. The van der Waals surface area contributed by atoms with Gasteiger partial charge in [-0.3, -0.25) is 0 Å². The van der Waals surface area contributed by atoms with Crippen LogP contribution in [0.3, 0.4) is 0 Å². The van der Waals surface area contributed by atoms with Crippen molar-refractivity contribution in [3.8, 4) is 0 Å². The molecule has 0 bridgehead atoms. The Bertz CT molecular complexity index is 475. The first kappa shape index (κ1) is 8.93. The highest BCUT2D eigenvalue weighted by Crippen LogP contribution is 2.21. The second-order valence-electron chi connectivity index (χ2n) is 3.44. The lowest BCUT2D eigenvalue weighted by Gasteiger charge is -2.07. The first-order chi connectivity index (χ1) is 6.59. The molecule has 0 radical (unpaired) electrons. The van der Waals surface area contributed by atoms with Crippen LogP contribution < -0.4 is 5.73 Å². The van der Waals surface area contributed by atoms with E-state index in [-0.39, 0.29) is 11.9 Å². The summed E-state index contributed by atoms with van der Waals surface area (Å²) < 4.78 is 14.8. The van der Waals surface area contributed by atoms with Crippen molar-refractivity contribution in [3.05, 3.63) is 18.3 Å². The third kappa shape index (κ3) is 1.21. The number of nitrogen functional groups attached to an aromatic ring is 1. The Balaban J connectivity index is 2.78. The van der Waals surface area contributed by atoms with Gasteiger partial charge in [-0.1, -0.05) is 0 Å². The van der Waals surface area contributed by atoms with Crippen LogP contribution in [0.25, 0.3) is 11.0 Å². The molecule has 0 atom stereocenters. The molecule has 0 aliphatic rings. The summed E-state index contributed by atoms with van der Waals surface area (Å²) in [4.78, 5) is 7.60. The van der Waals surface area contributed by atoms with Gasteiger partial charge in [0.05, 0.1) is 11.8 Å². The zero-order valence-corrected chi connectivity index (χ0v) is 8.03. The van der Waals surface area contributed by atoms with Gasteiger partial charge in [-0.25, -0.2) is 9.97 Å². The maximum absolute atomic E-state index is 13.0. The molecule has 0 saturated heterocycles. The van der Waals surface area contributed by atoms with E-state index in [4.69, 9.17) is 5.73 Å². The second kappa shape index (κ2) is 2.94. The van der Waals surface area contributed by atoms with E-state index in [0.717, 1.165) is 0 Å². The van der Waals surface area contributed by atoms with E-state index in [1.54, 1.807) is 6.33 Å². The molecule has 0 unspecified atom stereocenters. The highest BCUT2D eigenvalue weighted by atomic mass is 19.1.